The highest BCUT2D eigenvalue weighted by atomic mass is 35.5. The van der Waals surface area contributed by atoms with E-state index in [1.165, 1.54) is 29.2 Å². The molecule has 1 aromatic heterocycles. The Morgan fingerprint density at radius 3 is 2.59 bits per heavy atom. The number of hydrogen-bond donors (Lipinski definition) is 1. The summed E-state index contributed by atoms with van der Waals surface area (Å²) in [6, 6.07) is 5.94. The maximum atomic E-state index is 14.7. The molecular formula is C22H26Cl2FN3O2S2. The Hall–Kier alpha value is -1.45. The molecule has 2 N–H and O–H groups in total. The minimum Gasteiger partial charge on any atom is -0.375 e. The SMILES string of the molecule is CC(=O)SC1CCN(C(C(=O)C2CC2)c2ccccc2F)C/C1=C/c1csc(N)n1.Cl.Cl. The summed E-state index contributed by atoms with van der Waals surface area (Å²) in [5.41, 5.74) is 7.96. The molecule has 1 aliphatic carbocycles. The van der Waals surface area contributed by atoms with Gasteiger partial charge in [-0.2, -0.15) is 0 Å². The van der Waals surface area contributed by atoms with Crippen LogP contribution in [-0.4, -0.2) is 39.1 Å². The number of nitrogens with two attached hydrogens (primary N) is 1. The average molecular weight is 519 g/mol. The van der Waals surface area contributed by atoms with Gasteiger partial charge in [-0.05, 0) is 37.0 Å². The summed E-state index contributed by atoms with van der Waals surface area (Å²) in [6.45, 7) is 2.67. The predicted molar refractivity (Wildman–Crippen MR) is 134 cm³/mol. The van der Waals surface area contributed by atoms with Crippen LogP contribution in [0, 0.1) is 11.7 Å². The number of anilines is 1. The van der Waals surface area contributed by atoms with Gasteiger partial charge in [0.05, 0.1) is 11.7 Å². The average Bonchev–Trinajstić information content (AvgIpc) is 3.47. The number of piperidine rings is 1. The predicted octanol–water partition coefficient (Wildman–Crippen LogP) is 5.17. The van der Waals surface area contributed by atoms with Crippen LogP contribution in [0.4, 0.5) is 9.52 Å². The fraction of sp³-hybridized carbons (Fsp3) is 0.409. The summed E-state index contributed by atoms with van der Waals surface area (Å²) < 4.78 is 14.7. The summed E-state index contributed by atoms with van der Waals surface area (Å²) in [7, 11) is 0. The molecule has 0 spiro atoms. The van der Waals surface area contributed by atoms with E-state index in [9.17, 15) is 14.0 Å². The second kappa shape index (κ2) is 11.6. The minimum atomic E-state index is -0.606. The van der Waals surface area contributed by atoms with E-state index in [-0.39, 0.29) is 52.7 Å². The van der Waals surface area contributed by atoms with E-state index in [4.69, 9.17) is 5.73 Å². The number of rotatable bonds is 6. The van der Waals surface area contributed by atoms with E-state index < -0.39 is 6.04 Å². The van der Waals surface area contributed by atoms with Gasteiger partial charge in [0.1, 0.15) is 5.82 Å². The number of benzene rings is 1. The topological polar surface area (TPSA) is 76.3 Å². The first-order valence-corrected chi connectivity index (χ1v) is 11.8. The molecule has 1 saturated heterocycles. The van der Waals surface area contributed by atoms with Crippen molar-refractivity contribution in [3.8, 4) is 0 Å². The van der Waals surface area contributed by atoms with Crippen molar-refractivity contribution in [2.75, 3.05) is 18.8 Å². The molecule has 0 amide bonds. The number of Topliss-reactive ketones (excluding diaryl/α,β-unsaturated/α-hetero) is 1. The molecular weight excluding hydrogens is 492 g/mol. The molecule has 4 rings (SSSR count). The van der Waals surface area contributed by atoms with Crippen molar-refractivity contribution < 1.29 is 14.0 Å². The summed E-state index contributed by atoms with van der Waals surface area (Å²) in [5, 5.41) is 2.43. The summed E-state index contributed by atoms with van der Waals surface area (Å²) in [4.78, 5) is 31.3. The van der Waals surface area contributed by atoms with Crippen molar-refractivity contribution in [2.24, 2.45) is 5.92 Å². The zero-order valence-electron chi connectivity index (χ0n) is 17.5. The van der Waals surface area contributed by atoms with Crippen LogP contribution >= 0.6 is 47.9 Å². The van der Waals surface area contributed by atoms with Crippen LogP contribution < -0.4 is 5.73 Å². The molecule has 0 radical (unpaired) electrons. The van der Waals surface area contributed by atoms with Gasteiger partial charge in [0, 0.05) is 42.1 Å². The molecule has 2 fully saturated rings. The highest BCUT2D eigenvalue weighted by Crippen LogP contribution is 2.40. The highest BCUT2D eigenvalue weighted by Gasteiger charge is 2.41. The zero-order chi connectivity index (χ0) is 21.3. The molecule has 2 atom stereocenters. The lowest BCUT2D eigenvalue weighted by Gasteiger charge is -2.38. The maximum absolute atomic E-state index is 14.7. The fourth-order valence-electron chi connectivity index (χ4n) is 3.95. The number of nitrogen functional groups attached to an aromatic ring is 1. The Balaban J connectivity index is 0.00000181. The Labute approximate surface area is 207 Å². The zero-order valence-corrected chi connectivity index (χ0v) is 20.8. The Kier molecular flexibility index (Phi) is 9.72. The van der Waals surface area contributed by atoms with E-state index in [1.54, 1.807) is 25.1 Å². The third-order valence-electron chi connectivity index (χ3n) is 5.47. The first-order valence-electron chi connectivity index (χ1n) is 10.0. The van der Waals surface area contributed by atoms with Gasteiger partial charge in [0.25, 0.3) is 0 Å². The maximum Gasteiger partial charge on any atom is 0.186 e. The van der Waals surface area contributed by atoms with Gasteiger partial charge in [-0.25, -0.2) is 9.37 Å². The fourth-order valence-corrected chi connectivity index (χ4v) is 5.39. The third-order valence-corrected chi connectivity index (χ3v) is 7.32. The first-order chi connectivity index (χ1) is 14.4. The van der Waals surface area contributed by atoms with Gasteiger partial charge >= 0.3 is 0 Å². The lowest BCUT2D eigenvalue weighted by atomic mass is 9.93. The van der Waals surface area contributed by atoms with Crippen LogP contribution in [0.1, 0.15) is 43.5 Å². The summed E-state index contributed by atoms with van der Waals surface area (Å²) >= 11 is 2.66. The van der Waals surface area contributed by atoms with Gasteiger partial charge in [-0.3, -0.25) is 14.5 Å². The van der Waals surface area contributed by atoms with Crippen LogP contribution in [0.2, 0.25) is 0 Å². The molecule has 2 aliphatic rings. The summed E-state index contributed by atoms with van der Waals surface area (Å²) in [6.07, 6.45) is 4.42. The summed E-state index contributed by atoms with van der Waals surface area (Å²) in [5.74, 6) is -0.241. The number of thioether (sulfide) groups is 1. The van der Waals surface area contributed by atoms with Crippen molar-refractivity contribution in [1.82, 2.24) is 9.88 Å². The Bertz CT molecular complexity index is 997. The van der Waals surface area contributed by atoms with Crippen molar-refractivity contribution >= 4 is 70.0 Å². The lowest BCUT2D eigenvalue weighted by Crippen LogP contribution is -2.43. The van der Waals surface area contributed by atoms with Crippen LogP contribution in [0.15, 0.2) is 35.2 Å². The van der Waals surface area contributed by atoms with Gasteiger partial charge < -0.3 is 5.73 Å². The van der Waals surface area contributed by atoms with Crippen molar-refractivity contribution in [1.29, 1.82) is 0 Å². The Morgan fingerprint density at radius 1 is 1.28 bits per heavy atom. The van der Waals surface area contributed by atoms with E-state index in [1.807, 2.05) is 11.5 Å². The number of carbonyl (C=O) groups is 2. The monoisotopic (exact) mass is 517 g/mol. The number of thiazole rings is 1. The molecule has 10 heteroatoms. The lowest BCUT2D eigenvalue weighted by molar-refractivity contribution is -0.126. The first kappa shape index (κ1) is 26.8. The smallest absolute Gasteiger partial charge is 0.186 e. The quantitative estimate of drug-likeness (QED) is 0.569. The molecule has 2 aromatic rings. The second-order valence-corrected chi connectivity index (χ2v) is 10.1. The van der Waals surface area contributed by atoms with Crippen LogP contribution in [-0.2, 0) is 9.59 Å². The molecule has 1 aliphatic heterocycles. The van der Waals surface area contributed by atoms with Crippen LogP contribution in [0.5, 0.6) is 0 Å². The van der Waals surface area contributed by atoms with E-state index in [0.717, 1.165) is 24.1 Å². The van der Waals surface area contributed by atoms with Crippen molar-refractivity contribution in [2.45, 2.75) is 37.5 Å². The molecule has 174 valence electrons. The molecule has 2 heterocycles. The van der Waals surface area contributed by atoms with Gasteiger partial charge in [-0.15, -0.1) is 36.2 Å². The number of likely N-dealkylation sites (tertiary alicyclic amines) is 1. The molecule has 0 bridgehead atoms. The third kappa shape index (κ3) is 6.32. The molecule has 2 unspecified atom stereocenters. The van der Waals surface area contributed by atoms with Gasteiger partial charge in [-0.1, -0.05) is 30.0 Å². The molecule has 1 saturated carbocycles. The van der Waals surface area contributed by atoms with E-state index >= 15 is 0 Å². The molecule has 5 nitrogen and oxygen atoms in total. The normalized spacial score (nSPS) is 20.8. The van der Waals surface area contributed by atoms with Crippen molar-refractivity contribution in [3.63, 3.8) is 0 Å². The number of ketones is 1. The van der Waals surface area contributed by atoms with Crippen LogP contribution in [0.3, 0.4) is 0 Å². The standard InChI is InChI=1S/C22H24FN3O2S2.2ClH/c1-13(27)30-19-8-9-26(11-15(19)10-16-12-29-22(24)25-16)20(21(28)14-6-7-14)17-4-2-3-5-18(17)23;;/h2-5,10,12,14,19-20H,6-9,11H2,1H3,(H2,24,25);2*1H/b15-10-;;. The number of nitrogens with zero attached hydrogens (tertiary/aromatic N) is 2. The Morgan fingerprint density at radius 2 is 2.00 bits per heavy atom. The van der Waals surface area contributed by atoms with Gasteiger partial charge in [0.15, 0.2) is 16.0 Å². The highest BCUT2D eigenvalue weighted by molar-refractivity contribution is 8.14. The number of carbonyl (C=O) groups excluding carboxylic acids is 2. The number of hydrogen-bond acceptors (Lipinski definition) is 7. The van der Waals surface area contributed by atoms with Crippen LogP contribution in [0.25, 0.3) is 6.08 Å². The largest absolute Gasteiger partial charge is 0.375 e. The molecule has 32 heavy (non-hydrogen) atoms. The van der Waals surface area contributed by atoms with Crippen molar-refractivity contribution in [3.05, 3.63) is 52.3 Å². The number of aromatic nitrogens is 1. The minimum absolute atomic E-state index is 0. The number of halogens is 3. The second-order valence-electron chi connectivity index (χ2n) is 7.79. The van der Waals surface area contributed by atoms with Gasteiger partial charge in [0.2, 0.25) is 0 Å². The van der Waals surface area contributed by atoms with E-state index in [0.29, 0.717) is 30.2 Å². The van der Waals surface area contributed by atoms with E-state index in [2.05, 4.69) is 9.88 Å². The molecule has 1 aromatic carbocycles.